The molecule has 7 nitrogen and oxygen atoms in total. The molecular formula is C19H26N4O3. The minimum atomic E-state index is -0.389. The van der Waals surface area contributed by atoms with Crippen LogP contribution in [0.5, 0.6) is 0 Å². The van der Waals surface area contributed by atoms with Crippen molar-refractivity contribution in [3.05, 3.63) is 29.1 Å². The number of hydrogen-bond acceptors (Lipinski definition) is 4. The summed E-state index contributed by atoms with van der Waals surface area (Å²) in [6.07, 6.45) is 5.54. The fourth-order valence-electron chi connectivity index (χ4n) is 3.47. The maximum absolute atomic E-state index is 12.5. The molecule has 3 rings (SSSR count). The summed E-state index contributed by atoms with van der Waals surface area (Å²) in [5.74, 6) is -0.255. The molecule has 2 aliphatic rings. The lowest BCUT2D eigenvalue weighted by Crippen LogP contribution is -2.34. The number of hydrogen-bond donors (Lipinski definition) is 1. The number of nitrogens with zero attached hydrogens (tertiary/aromatic N) is 3. The van der Waals surface area contributed by atoms with Gasteiger partial charge in [-0.15, -0.1) is 0 Å². The Bertz CT molecular complexity index is 757. The minimum Gasteiger partial charge on any atom is -0.381 e. The van der Waals surface area contributed by atoms with Crippen LogP contribution in [0.3, 0.4) is 0 Å². The van der Waals surface area contributed by atoms with E-state index in [-0.39, 0.29) is 24.3 Å². The van der Waals surface area contributed by atoms with Gasteiger partial charge in [0.25, 0.3) is 11.8 Å². The second-order valence-corrected chi connectivity index (χ2v) is 7.12. The summed E-state index contributed by atoms with van der Waals surface area (Å²) in [6.45, 7) is 8.24. The van der Waals surface area contributed by atoms with Crippen LogP contribution in [0.25, 0.3) is 0 Å². The lowest BCUT2D eigenvalue weighted by Gasteiger charge is -2.22. The molecule has 1 aromatic heterocycles. The molecule has 140 valence electrons. The van der Waals surface area contributed by atoms with Gasteiger partial charge in [-0.1, -0.05) is 5.57 Å². The van der Waals surface area contributed by atoms with Crippen molar-refractivity contribution in [2.24, 2.45) is 16.8 Å². The number of carbonyl (C=O) groups is 2. The van der Waals surface area contributed by atoms with Crippen LogP contribution in [0.15, 0.2) is 22.8 Å². The van der Waals surface area contributed by atoms with Crippen LogP contribution in [-0.4, -0.2) is 47.1 Å². The highest BCUT2D eigenvalue weighted by Crippen LogP contribution is 2.19. The van der Waals surface area contributed by atoms with Crippen LogP contribution >= 0.6 is 0 Å². The van der Waals surface area contributed by atoms with E-state index < -0.39 is 0 Å². The standard InChI is InChI=1S/C19H26N4O3/c1-12-8-13(2)22-19(25)16(12)9-20-18(24)17-10-21-23(14(17)3)11-15-4-6-26-7-5-15/h8,10,15-16H,4-7,9,11H2,1-3H3,(H,20,24). The van der Waals surface area contributed by atoms with Crippen LogP contribution in [0.1, 0.15) is 42.7 Å². The predicted octanol–water partition coefficient (Wildman–Crippen LogP) is 1.91. The molecular weight excluding hydrogens is 332 g/mol. The third-order valence-electron chi connectivity index (χ3n) is 5.16. The molecule has 0 bridgehead atoms. The molecule has 0 saturated carbocycles. The number of amides is 2. The van der Waals surface area contributed by atoms with Crippen molar-refractivity contribution in [1.82, 2.24) is 15.1 Å². The highest BCUT2D eigenvalue weighted by molar-refractivity contribution is 6.06. The fraction of sp³-hybridized carbons (Fsp3) is 0.579. The van der Waals surface area contributed by atoms with E-state index in [0.717, 1.165) is 43.9 Å². The maximum atomic E-state index is 12.5. The van der Waals surface area contributed by atoms with E-state index in [1.165, 1.54) is 0 Å². The van der Waals surface area contributed by atoms with Crippen molar-refractivity contribution in [1.29, 1.82) is 0 Å². The molecule has 0 aromatic carbocycles. The zero-order valence-corrected chi connectivity index (χ0v) is 15.6. The van der Waals surface area contributed by atoms with Gasteiger partial charge in [0.15, 0.2) is 0 Å². The smallest absolute Gasteiger partial charge is 0.254 e. The van der Waals surface area contributed by atoms with Gasteiger partial charge in [0.2, 0.25) is 0 Å². The Morgan fingerprint density at radius 1 is 1.31 bits per heavy atom. The molecule has 2 amide bonds. The van der Waals surface area contributed by atoms with Gasteiger partial charge in [-0.05, 0) is 45.6 Å². The molecule has 1 fully saturated rings. The monoisotopic (exact) mass is 358 g/mol. The number of aliphatic imine (C=N–C) groups is 1. The highest BCUT2D eigenvalue weighted by Gasteiger charge is 2.25. The number of carbonyl (C=O) groups excluding carboxylic acids is 2. The van der Waals surface area contributed by atoms with Crippen molar-refractivity contribution in [2.75, 3.05) is 19.8 Å². The Balaban J connectivity index is 1.60. The van der Waals surface area contributed by atoms with Crippen molar-refractivity contribution in [3.63, 3.8) is 0 Å². The summed E-state index contributed by atoms with van der Waals surface area (Å²) in [5, 5.41) is 7.24. The second kappa shape index (κ2) is 7.95. The quantitative estimate of drug-likeness (QED) is 0.871. The van der Waals surface area contributed by atoms with E-state index in [9.17, 15) is 9.59 Å². The summed E-state index contributed by atoms with van der Waals surface area (Å²) in [7, 11) is 0. The van der Waals surface area contributed by atoms with Crippen molar-refractivity contribution in [3.8, 4) is 0 Å². The van der Waals surface area contributed by atoms with Gasteiger partial charge in [0.05, 0.1) is 17.7 Å². The summed E-state index contributed by atoms with van der Waals surface area (Å²) in [6, 6.07) is 0. The Morgan fingerprint density at radius 3 is 2.73 bits per heavy atom. The molecule has 1 N–H and O–H groups in total. The van der Waals surface area contributed by atoms with Crippen molar-refractivity contribution < 1.29 is 14.3 Å². The first kappa shape index (κ1) is 18.5. The topological polar surface area (TPSA) is 85.6 Å². The largest absolute Gasteiger partial charge is 0.381 e. The van der Waals surface area contributed by atoms with Gasteiger partial charge in [-0.3, -0.25) is 14.3 Å². The van der Waals surface area contributed by atoms with Crippen LogP contribution in [0.2, 0.25) is 0 Å². The number of rotatable bonds is 5. The number of ether oxygens (including phenoxy) is 1. The van der Waals surface area contributed by atoms with Crippen LogP contribution in [0, 0.1) is 18.8 Å². The van der Waals surface area contributed by atoms with Gasteiger partial charge >= 0.3 is 0 Å². The molecule has 1 unspecified atom stereocenters. The zero-order valence-electron chi connectivity index (χ0n) is 15.6. The van der Waals surface area contributed by atoms with E-state index >= 15 is 0 Å². The van der Waals surface area contributed by atoms with Crippen molar-refractivity contribution in [2.45, 2.75) is 40.2 Å². The maximum Gasteiger partial charge on any atom is 0.254 e. The SMILES string of the molecule is CC1=CC(C)=NC(=O)C1CNC(=O)c1cnn(CC2CCOCC2)c1C. The van der Waals surface area contributed by atoms with Gasteiger partial charge in [0, 0.05) is 37.7 Å². The van der Waals surface area contributed by atoms with Gasteiger partial charge < -0.3 is 10.1 Å². The van der Waals surface area contributed by atoms with Crippen LogP contribution in [0.4, 0.5) is 0 Å². The molecule has 1 aromatic rings. The minimum absolute atomic E-state index is 0.199. The number of nitrogens with one attached hydrogen (secondary N) is 1. The molecule has 3 heterocycles. The molecule has 0 radical (unpaired) electrons. The summed E-state index contributed by atoms with van der Waals surface area (Å²) >= 11 is 0. The molecule has 7 heteroatoms. The zero-order chi connectivity index (χ0) is 18.7. The first-order valence-corrected chi connectivity index (χ1v) is 9.11. The Morgan fingerprint density at radius 2 is 2.04 bits per heavy atom. The van der Waals surface area contributed by atoms with Gasteiger partial charge in [-0.2, -0.15) is 5.10 Å². The first-order valence-electron chi connectivity index (χ1n) is 9.11. The van der Waals surface area contributed by atoms with E-state index in [0.29, 0.717) is 17.2 Å². The van der Waals surface area contributed by atoms with E-state index in [4.69, 9.17) is 4.74 Å². The average molecular weight is 358 g/mol. The number of allylic oxidation sites excluding steroid dienone is 1. The summed E-state index contributed by atoms with van der Waals surface area (Å²) in [5.41, 5.74) is 3.04. The lowest BCUT2D eigenvalue weighted by atomic mass is 9.96. The summed E-state index contributed by atoms with van der Waals surface area (Å²) in [4.78, 5) is 28.6. The Kier molecular flexibility index (Phi) is 5.66. The van der Waals surface area contributed by atoms with Crippen molar-refractivity contribution >= 4 is 17.5 Å². The van der Waals surface area contributed by atoms with E-state index in [1.807, 2.05) is 24.6 Å². The lowest BCUT2D eigenvalue weighted by molar-refractivity contribution is -0.120. The molecule has 0 spiro atoms. The number of dihydropyridines is 1. The molecule has 26 heavy (non-hydrogen) atoms. The molecule has 2 aliphatic heterocycles. The van der Waals surface area contributed by atoms with Crippen LogP contribution in [-0.2, 0) is 16.1 Å². The third kappa shape index (κ3) is 4.09. The molecule has 1 saturated heterocycles. The fourth-order valence-corrected chi connectivity index (χ4v) is 3.47. The van der Waals surface area contributed by atoms with E-state index in [2.05, 4.69) is 15.4 Å². The van der Waals surface area contributed by atoms with Crippen LogP contribution < -0.4 is 5.32 Å². The third-order valence-corrected chi connectivity index (χ3v) is 5.16. The number of aromatic nitrogens is 2. The predicted molar refractivity (Wildman–Crippen MR) is 98.2 cm³/mol. The molecule has 0 aliphatic carbocycles. The summed E-state index contributed by atoms with van der Waals surface area (Å²) < 4.78 is 7.29. The normalized spacial score (nSPS) is 21.3. The highest BCUT2D eigenvalue weighted by atomic mass is 16.5. The Labute approximate surface area is 153 Å². The second-order valence-electron chi connectivity index (χ2n) is 7.12. The first-order chi connectivity index (χ1) is 12.5. The van der Waals surface area contributed by atoms with Gasteiger partial charge in [0.1, 0.15) is 0 Å². The average Bonchev–Trinajstić information content (AvgIpc) is 2.95. The molecule has 1 atom stereocenters. The Hall–Kier alpha value is -2.28. The van der Waals surface area contributed by atoms with E-state index in [1.54, 1.807) is 13.1 Å². The van der Waals surface area contributed by atoms with Gasteiger partial charge in [-0.25, -0.2) is 4.99 Å².